The maximum absolute atomic E-state index is 13.8. The lowest BCUT2D eigenvalue weighted by Gasteiger charge is -2.23. The molecule has 2 fully saturated rings. The lowest BCUT2D eigenvalue weighted by atomic mass is 10.00. The van der Waals surface area contributed by atoms with Gasteiger partial charge < -0.3 is 10.0 Å². The number of aliphatic hydroxyl groups excluding tert-OH is 1. The number of carbonyl (C=O) groups is 1. The molecule has 102 valence electrons. The Kier molecular flexibility index (Phi) is 3.05. The van der Waals surface area contributed by atoms with E-state index in [9.17, 15) is 14.3 Å². The van der Waals surface area contributed by atoms with Crippen LogP contribution < -0.4 is 4.90 Å². The molecule has 19 heavy (non-hydrogen) atoms. The molecular weight excluding hydrogens is 245 g/mol. The molecule has 3 unspecified atom stereocenters. The van der Waals surface area contributed by atoms with Crippen LogP contribution in [0.1, 0.15) is 30.1 Å². The van der Waals surface area contributed by atoms with Crippen molar-refractivity contribution >= 4 is 11.5 Å². The van der Waals surface area contributed by atoms with Crippen LogP contribution in [-0.2, 0) is 0 Å². The highest BCUT2D eigenvalue weighted by Crippen LogP contribution is 2.40. The number of hydrogen-bond donors (Lipinski definition) is 1. The van der Waals surface area contributed by atoms with Gasteiger partial charge in [0.25, 0.3) is 0 Å². The Morgan fingerprint density at radius 1 is 1.37 bits per heavy atom. The highest BCUT2D eigenvalue weighted by molar-refractivity contribution is 6.00. The quantitative estimate of drug-likeness (QED) is 0.832. The van der Waals surface area contributed by atoms with E-state index in [1.54, 1.807) is 12.1 Å². The van der Waals surface area contributed by atoms with E-state index in [0.29, 0.717) is 11.6 Å². The third-order valence-electron chi connectivity index (χ3n) is 4.50. The van der Waals surface area contributed by atoms with Gasteiger partial charge in [-0.05, 0) is 37.8 Å². The average molecular weight is 263 g/mol. The van der Waals surface area contributed by atoms with Crippen molar-refractivity contribution in [1.82, 2.24) is 0 Å². The number of aliphatic hydroxyl groups is 1. The minimum atomic E-state index is -0.456. The molecule has 1 heterocycles. The van der Waals surface area contributed by atoms with Crippen molar-refractivity contribution in [3.05, 3.63) is 29.6 Å². The summed E-state index contributed by atoms with van der Waals surface area (Å²) in [5, 5.41) is 9.93. The van der Waals surface area contributed by atoms with Crippen LogP contribution in [0.4, 0.5) is 10.1 Å². The summed E-state index contributed by atoms with van der Waals surface area (Å²) >= 11 is 0. The number of rotatable bonds is 2. The third kappa shape index (κ3) is 2.04. The molecule has 0 radical (unpaired) electrons. The van der Waals surface area contributed by atoms with E-state index in [2.05, 4.69) is 4.90 Å². The Balaban J connectivity index is 1.92. The van der Waals surface area contributed by atoms with Crippen LogP contribution in [0.25, 0.3) is 0 Å². The highest BCUT2D eigenvalue weighted by atomic mass is 19.1. The fourth-order valence-electron chi connectivity index (χ4n) is 3.56. The lowest BCUT2D eigenvalue weighted by molar-refractivity contribution is 0.101. The summed E-state index contributed by atoms with van der Waals surface area (Å²) < 4.78 is 13.8. The number of nitrogens with zero attached hydrogens (tertiary/aromatic N) is 1. The predicted octanol–water partition coefficient (Wildman–Crippen LogP) is 2.24. The molecule has 3 atom stereocenters. The van der Waals surface area contributed by atoms with Crippen molar-refractivity contribution in [2.24, 2.45) is 11.8 Å². The second-order valence-electron chi connectivity index (χ2n) is 5.66. The van der Waals surface area contributed by atoms with Gasteiger partial charge in [-0.3, -0.25) is 4.79 Å². The molecule has 0 bridgehead atoms. The number of carbonyl (C=O) groups excluding carboxylic acids is 1. The SMILES string of the molecule is CC(=O)c1c(F)cccc1N1CC2CCC(O)C2C1. The summed E-state index contributed by atoms with van der Waals surface area (Å²) in [5.41, 5.74) is 0.853. The van der Waals surface area contributed by atoms with E-state index in [1.165, 1.54) is 13.0 Å². The summed E-state index contributed by atoms with van der Waals surface area (Å²) in [6, 6.07) is 4.76. The number of Topliss-reactive ketones (excluding diaryl/α,β-unsaturated/α-hetero) is 1. The Labute approximate surface area is 112 Å². The summed E-state index contributed by atoms with van der Waals surface area (Å²) in [7, 11) is 0. The van der Waals surface area contributed by atoms with Gasteiger partial charge in [0.05, 0.1) is 17.4 Å². The van der Waals surface area contributed by atoms with Gasteiger partial charge in [0.15, 0.2) is 5.78 Å². The molecule has 3 rings (SSSR count). The van der Waals surface area contributed by atoms with Gasteiger partial charge in [-0.25, -0.2) is 4.39 Å². The first kappa shape index (κ1) is 12.6. The van der Waals surface area contributed by atoms with Gasteiger partial charge in [-0.15, -0.1) is 0 Å². The molecule has 1 saturated carbocycles. The number of ketones is 1. The van der Waals surface area contributed by atoms with Crippen molar-refractivity contribution in [3.63, 3.8) is 0 Å². The summed E-state index contributed by atoms with van der Waals surface area (Å²) in [6.45, 7) is 2.93. The maximum atomic E-state index is 13.8. The second kappa shape index (κ2) is 4.60. The first-order valence-electron chi connectivity index (χ1n) is 6.80. The van der Waals surface area contributed by atoms with E-state index in [0.717, 1.165) is 25.9 Å². The Morgan fingerprint density at radius 2 is 2.16 bits per heavy atom. The van der Waals surface area contributed by atoms with Gasteiger partial charge in [-0.2, -0.15) is 0 Å². The monoisotopic (exact) mass is 263 g/mol. The maximum Gasteiger partial charge on any atom is 0.164 e. The topological polar surface area (TPSA) is 40.5 Å². The molecule has 3 nitrogen and oxygen atoms in total. The zero-order chi connectivity index (χ0) is 13.6. The number of hydrogen-bond acceptors (Lipinski definition) is 3. The van der Waals surface area contributed by atoms with Gasteiger partial charge in [0.1, 0.15) is 5.82 Å². The van der Waals surface area contributed by atoms with E-state index in [4.69, 9.17) is 0 Å². The molecule has 0 spiro atoms. The lowest BCUT2D eigenvalue weighted by Crippen LogP contribution is -2.26. The Hall–Kier alpha value is -1.42. The van der Waals surface area contributed by atoms with Crippen LogP contribution in [-0.4, -0.2) is 30.1 Å². The standard InChI is InChI=1S/C15H18FNO2/c1-9(18)15-12(16)3-2-4-13(15)17-7-10-5-6-14(19)11(10)8-17/h2-4,10-11,14,19H,5-8H2,1H3. The van der Waals surface area contributed by atoms with Crippen LogP contribution >= 0.6 is 0 Å². The van der Waals surface area contributed by atoms with Crippen molar-refractivity contribution < 1.29 is 14.3 Å². The number of halogens is 1. The fourth-order valence-corrected chi connectivity index (χ4v) is 3.56. The summed E-state index contributed by atoms with van der Waals surface area (Å²) in [5.74, 6) is 0.0365. The fraction of sp³-hybridized carbons (Fsp3) is 0.533. The van der Waals surface area contributed by atoms with Gasteiger partial charge >= 0.3 is 0 Å². The van der Waals surface area contributed by atoms with Crippen LogP contribution in [0.15, 0.2) is 18.2 Å². The zero-order valence-electron chi connectivity index (χ0n) is 11.0. The van der Waals surface area contributed by atoms with Gasteiger partial charge in [0, 0.05) is 19.0 Å². The first-order valence-corrected chi connectivity index (χ1v) is 6.80. The number of fused-ring (bicyclic) bond motifs is 1. The van der Waals surface area contributed by atoms with E-state index >= 15 is 0 Å². The van der Waals surface area contributed by atoms with E-state index in [-0.39, 0.29) is 23.4 Å². The molecular formula is C15H18FNO2. The summed E-state index contributed by atoms with van der Waals surface area (Å²) in [6.07, 6.45) is 1.64. The molecule has 1 aromatic rings. The first-order chi connectivity index (χ1) is 9.08. The van der Waals surface area contributed by atoms with Crippen LogP contribution in [0.5, 0.6) is 0 Å². The Morgan fingerprint density at radius 3 is 2.84 bits per heavy atom. The molecule has 1 saturated heterocycles. The molecule has 0 amide bonds. The van der Waals surface area contributed by atoms with Crippen molar-refractivity contribution in [2.45, 2.75) is 25.9 Å². The largest absolute Gasteiger partial charge is 0.393 e. The van der Waals surface area contributed by atoms with Crippen molar-refractivity contribution in [3.8, 4) is 0 Å². The van der Waals surface area contributed by atoms with Crippen molar-refractivity contribution in [1.29, 1.82) is 0 Å². The van der Waals surface area contributed by atoms with E-state index in [1.807, 2.05) is 0 Å². The zero-order valence-corrected chi connectivity index (χ0v) is 11.0. The Bertz CT molecular complexity index is 517. The molecule has 0 aromatic heterocycles. The molecule has 4 heteroatoms. The molecule has 1 aromatic carbocycles. The van der Waals surface area contributed by atoms with Crippen LogP contribution in [0.3, 0.4) is 0 Å². The number of anilines is 1. The molecule has 1 aliphatic heterocycles. The molecule has 1 aliphatic carbocycles. The molecule has 1 N–H and O–H groups in total. The summed E-state index contributed by atoms with van der Waals surface area (Å²) in [4.78, 5) is 13.7. The van der Waals surface area contributed by atoms with Crippen LogP contribution in [0.2, 0.25) is 0 Å². The van der Waals surface area contributed by atoms with E-state index < -0.39 is 5.82 Å². The average Bonchev–Trinajstić information content (AvgIpc) is 2.91. The minimum Gasteiger partial charge on any atom is -0.393 e. The normalized spacial score (nSPS) is 29.6. The second-order valence-corrected chi connectivity index (χ2v) is 5.66. The van der Waals surface area contributed by atoms with Gasteiger partial charge in [0.2, 0.25) is 0 Å². The molecule has 2 aliphatic rings. The third-order valence-corrected chi connectivity index (χ3v) is 4.50. The van der Waals surface area contributed by atoms with Crippen LogP contribution in [0, 0.1) is 17.7 Å². The predicted molar refractivity (Wildman–Crippen MR) is 70.8 cm³/mol. The highest BCUT2D eigenvalue weighted by Gasteiger charge is 2.42. The minimum absolute atomic E-state index is 0.178. The smallest absolute Gasteiger partial charge is 0.164 e. The van der Waals surface area contributed by atoms with Gasteiger partial charge in [-0.1, -0.05) is 6.07 Å². The van der Waals surface area contributed by atoms with Crippen molar-refractivity contribution in [2.75, 3.05) is 18.0 Å². The number of benzene rings is 1.